The second kappa shape index (κ2) is 8.96. The first-order valence-electron chi connectivity index (χ1n) is 2.87. The standard InChI is InChI=1S/C4H6O2.C3H4O3.Cu/c1-3(2)4(5)6;1-2(4)3(5)6;/h1H2,2H3,(H,5,6);1H3,(H,5,6);/q;;+1/p-2. The summed E-state index contributed by atoms with van der Waals surface area (Å²) >= 11 is 0. The number of carbonyl (C=O) groups is 3. The van der Waals surface area contributed by atoms with E-state index in [0.717, 1.165) is 6.92 Å². The molecule has 0 aliphatic heterocycles. The van der Waals surface area contributed by atoms with Crippen LogP contribution in [0.1, 0.15) is 13.8 Å². The van der Waals surface area contributed by atoms with Gasteiger partial charge in [0.1, 0.15) is 5.97 Å². The van der Waals surface area contributed by atoms with E-state index in [9.17, 15) is 24.6 Å². The Morgan fingerprint density at radius 1 is 1.00 bits per heavy atom. The van der Waals surface area contributed by atoms with Crippen LogP contribution in [-0.4, -0.2) is 17.7 Å². The molecule has 0 saturated heterocycles. The minimum Gasteiger partial charge on any atom is -0.545 e. The SMILES string of the molecule is C=C(C)C(=O)[O-].CC(=O)C(=O)[O-].[Cu+]. The minimum atomic E-state index is -1.63. The van der Waals surface area contributed by atoms with Crippen molar-refractivity contribution in [3.05, 3.63) is 12.2 Å². The topological polar surface area (TPSA) is 97.3 Å². The van der Waals surface area contributed by atoms with Crippen molar-refractivity contribution in [1.29, 1.82) is 0 Å². The summed E-state index contributed by atoms with van der Waals surface area (Å²) in [6.07, 6.45) is 0. The maximum absolute atomic E-state index is 9.49. The van der Waals surface area contributed by atoms with E-state index >= 15 is 0 Å². The van der Waals surface area contributed by atoms with Crippen molar-refractivity contribution >= 4 is 17.7 Å². The monoisotopic (exact) mass is 235 g/mol. The maximum Gasteiger partial charge on any atom is 1.00 e. The summed E-state index contributed by atoms with van der Waals surface area (Å²) in [7, 11) is 0. The van der Waals surface area contributed by atoms with Crippen LogP contribution in [0, 0.1) is 0 Å². The predicted molar refractivity (Wildman–Crippen MR) is 35.5 cm³/mol. The molecule has 5 nitrogen and oxygen atoms in total. The van der Waals surface area contributed by atoms with Crippen molar-refractivity contribution in [1.82, 2.24) is 0 Å². The molecule has 6 heteroatoms. The Kier molecular flexibility index (Phi) is 12.3. The first-order chi connectivity index (χ1) is 5.29. The third kappa shape index (κ3) is 18.1. The van der Waals surface area contributed by atoms with Crippen LogP contribution >= 0.6 is 0 Å². The first kappa shape index (κ1) is 17.8. The van der Waals surface area contributed by atoms with Crippen molar-refractivity contribution < 1.29 is 41.7 Å². The van der Waals surface area contributed by atoms with Crippen LogP contribution in [0.15, 0.2) is 12.2 Å². The molecule has 0 fully saturated rings. The van der Waals surface area contributed by atoms with Crippen LogP contribution in [0.3, 0.4) is 0 Å². The van der Waals surface area contributed by atoms with E-state index in [-0.39, 0.29) is 22.6 Å². The van der Waals surface area contributed by atoms with Gasteiger partial charge in [-0.1, -0.05) is 6.58 Å². The molecule has 0 aliphatic rings. The minimum absolute atomic E-state index is 0. The molecule has 0 heterocycles. The third-order valence-corrected chi connectivity index (χ3v) is 0.636. The fourth-order valence-corrected chi connectivity index (χ4v) is 0. The van der Waals surface area contributed by atoms with E-state index in [2.05, 4.69) is 6.58 Å². The molecule has 0 amide bonds. The molecule has 0 aromatic rings. The van der Waals surface area contributed by atoms with Crippen LogP contribution in [-0.2, 0) is 31.5 Å². The molecule has 0 radical (unpaired) electrons. The molecule has 0 aromatic heterocycles. The van der Waals surface area contributed by atoms with Crippen molar-refractivity contribution in [2.45, 2.75) is 13.8 Å². The van der Waals surface area contributed by atoms with Gasteiger partial charge >= 0.3 is 17.1 Å². The quantitative estimate of drug-likeness (QED) is 0.303. The van der Waals surface area contributed by atoms with Crippen molar-refractivity contribution in [2.75, 3.05) is 0 Å². The van der Waals surface area contributed by atoms with Crippen molar-refractivity contribution in [3.63, 3.8) is 0 Å². The molecule has 0 N–H and O–H groups in total. The largest absolute Gasteiger partial charge is 1.00 e. The van der Waals surface area contributed by atoms with E-state index < -0.39 is 17.7 Å². The number of hydrogen-bond donors (Lipinski definition) is 0. The molecule has 0 spiro atoms. The summed E-state index contributed by atoms with van der Waals surface area (Å²) in [5.41, 5.74) is 0.0648. The molecule has 0 bridgehead atoms. The van der Waals surface area contributed by atoms with Gasteiger partial charge in [-0.25, -0.2) is 0 Å². The Balaban J connectivity index is -0.000000143. The van der Waals surface area contributed by atoms with Gasteiger partial charge in [0, 0.05) is 6.92 Å². The number of hydrogen-bond acceptors (Lipinski definition) is 5. The van der Waals surface area contributed by atoms with Crippen LogP contribution in [0.25, 0.3) is 0 Å². The zero-order valence-corrected chi connectivity index (χ0v) is 7.99. The van der Waals surface area contributed by atoms with Gasteiger partial charge in [-0.05, 0) is 12.5 Å². The summed E-state index contributed by atoms with van der Waals surface area (Å²) in [6, 6.07) is 0. The molecule has 0 aromatic carbocycles. The van der Waals surface area contributed by atoms with E-state index in [1.54, 1.807) is 0 Å². The van der Waals surface area contributed by atoms with Gasteiger partial charge in [0.05, 0.1) is 5.97 Å². The average Bonchev–Trinajstić information content (AvgIpc) is 1.88. The number of Topliss-reactive ketones (excluding diaryl/α,β-unsaturated/α-hetero) is 1. The molecule has 0 saturated carbocycles. The summed E-state index contributed by atoms with van der Waals surface area (Å²) in [5, 5.41) is 18.7. The van der Waals surface area contributed by atoms with Gasteiger partial charge in [-0.3, -0.25) is 4.79 Å². The number of ketones is 1. The fourth-order valence-electron chi connectivity index (χ4n) is 0. The second-order valence-electron chi connectivity index (χ2n) is 1.91. The van der Waals surface area contributed by atoms with Crippen LogP contribution < -0.4 is 10.2 Å². The second-order valence-corrected chi connectivity index (χ2v) is 1.91. The van der Waals surface area contributed by atoms with E-state index in [0.29, 0.717) is 0 Å². The molecule has 0 atom stereocenters. The van der Waals surface area contributed by atoms with Gasteiger partial charge in [0.25, 0.3) is 0 Å². The summed E-state index contributed by atoms with van der Waals surface area (Å²) in [6.45, 7) is 5.42. The van der Waals surface area contributed by atoms with Gasteiger partial charge < -0.3 is 19.8 Å². The molecule has 78 valence electrons. The number of aliphatic carboxylic acids is 2. The molecule has 13 heavy (non-hydrogen) atoms. The first-order valence-corrected chi connectivity index (χ1v) is 2.87. The maximum atomic E-state index is 9.49. The van der Waals surface area contributed by atoms with E-state index in [4.69, 9.17) is 0 Å². The Morgan fingerprint density at radius 3 is 1.15 bits per heavy atom. The number of carbonyl (C=O) groups excluding carboxylic acids is 3. The zero-order chi connectivity index (χ0) is 10.3. The number of carboxylic acids is 2. The Labute approximate surface area is 85.9 Å². The Bertz CT molecular complexity index is 173. The summed E-state index contributed by atoms with van der Waals surface area (Å²) in [5.74, 6) is -3.75. The number of rotatable bonds is 2. The van der Waals surface area contributed by atoms with Crippen LogP contribution in [0.4, 0.5) is 0 Å². The van der Waals surface area contributed by atoms with Crippen molar-refractivity contribution in [2.24, 2.45) is 0 Å². The zero-order valence-electron chi connectivity index (χ0n) is 7.05. The van der Waals surface area contributed by atoms with E-state index in [1.165, 1.54) is 6.92 Å². The third-order valence-electron chi connectivity index (χ3n) is 0.636. The molecule has 0 aliphatic carbocycles. The van der Waals surface area contributed by atoms with Gasteiger partial charge in [0.15, 0.2) is 5.78 Å². The summed E-state index contributed by atoms with van der Waals surface area (Å²) < 4.78 is 0. The van der Waals surface area contributed by atoms with Gasteiger partial charge in [-0.15, -0.1) is 0 Å². The van der Waals surface area contributed by atoms with Crippen LogP contribution in [0.5, 0.6) is 0 Å². The average molecular weight is 236 g/mol. The van der Waals surface area contributed by atoms with Gasteiger partial charge in [-0.2, -0.15) is 0 Å². The smallest absolute Gasteiger partial charge is 0.545 e. The Morgan fingerprint density at radius 2 is 1.15 bits per heavy atom. The van der Waals surface area contributed by atoms with Gasteiger partial charge in [0.2, 0.25) is 0 Å². The molecular formula is C7H8CuO5-. The normalized spacial score (nSPS) is 6.92. The molecule has 0 unspecified atom stereocenters. The van der Waals surface area contributed by atoms with E-state index in [1.807, 2.05) is 0 Å². The molecular weight excluding hydrogens is 228 g/mol. The van der Waals surface area contributed by atoms with Crippen molar-refractivity contribution in [3.8, 4) is 0 Å². The Hall–Kier alpha value is -1.13. The van der Waals surface area contributed by atoms with Crippen LogP contribution in [0.2, 0.25) is 0 Å². The predicted octanol–water partition coefficient (Wildman–Crippen LogP) is -2.36. The number of carboxylic acid groups (broad SMARTS) is 2. The summed E-state index contributed by atoms with van der Waals surface area (Å²) in [4.78, 5) is 28.2. The fraction of sp³-hybridized carbons (Fsp3) is 0.286. The molecule has 0 rings (SSSR count).